The summed E-state index contributed by atoms with van der Waals surface area (Å²) in [6, 6.07) is 6.88. The number of nitrogens with two attached hydrogens (primary N) is 1. The van der Waals surface area contributed by atoms with Gasteiger partial charge in [0.1, 0.15) is 5.82 Å². The molecule has 1 aliphatic carbocycles. The van der Waals surface area contributed by atoms with E-state index >= 15 is 0 Å². The zero-order valence-corrected chi connectivity index (χ0v) is 15.9. The molecule has 3 rings (SSSR count). The highest BCUT2D eigenvalue weighted by Gasteiger charge is 2.44. The third-order valence-corrected chi connectivity index (χ3v) is 6.06. The summed E-state index contributed by atoms with van der Waals surface area (Å²) < 4.78 is 13.8. The summed E-state index contributed by atoms with van der Waals surface area (Å²) in [4.78, 5) is 15.4. The van der Waals surface area contributed by atoms with Crippen LogP contribution in [0.25, 0.3) is 0 Å². The standard InChI is InChI=1S/C20H29FN2O.ClH/c1-15(22)16-8-12-23(13-9-16)19(24)20(10-3-2-4-11-20)17-6-5-7-18(21)14-17;/h5-7,14-16H,2-4,8-13,22H2,1H3;1H. The molecule has 1 saturated heterocycles. The van der Waals surface area contributed by atoms with E-state index in [9.17, 15) is 9.18 Å². The fourth-order valence-electron chi connectivity index (χ4n) is 4.50. The number of nitrogens with zero attached hydrogens (tertiary/aromatic N) is 1. The van der Waals surface area contributed by atoms with Crippen LogP contribution in [0.2, 0.25) is 0 Å². The lowest BCUT2D eigenvalue weighted by Crippen LogP contribution is -2.51. The van der Waals surface area contributed by atoms with Crippen LogP contribution < -0.4 is 5.73 Å². The number of carbonyl (C=O) groups is 1. The molecular formula is C20H30ClFN2O. The zero-order valence-electron chi connectivity index (χ0n) is 15.0. The molecule has 1 unspecified atom stereocenters. The first-order valence-corrected chi connectivity index (χ1v) is 9.34. The van der Waals surface area contributed by atoms with Gasteiger partial charge in [-0.2, -0.15) is 0 Å². The summed E-state index contributed by atoms with van der Waals surface area (Å²) in [5, 5.41) is 0. The minimum absolute atomic E-state index is 0. The molecule has 1 saturated carbocycles. The van der Waals surface area contributed by atoms with Crippen molar-refractivity contribution in [2.24, 2.45) is 11.7 Å². The molecule has 3 nitrogen and oxygen atoms in total. The van der Waals surface area contributed by atoms with Crippen LogP contribution in [0.1, 0.15) is 57.4 Å². The number of benzene rings is 1. The molecule has 1 aromatic rings. The number of likely N-dealkylation sites (tertiary alicyclic amines) is 1. The van der Waals surface area contributed by atoms with Crippen LogP contribution in [0, 0.1) is 11.7 Å². The minimum atomic E-state index is -0.526. The van der Waals surface area contributed by atoms with E-state index in [-0.39, 0.29) is 30.2 Å². The number of piperidine rings is 1. The molecule has 2 aliphatic rings. The van der Waals surface area contributed by atoms with Gasteiger partial charge in [0.15, 0.2) is 0 Å². The normalized spacial score (nSPS) is 22.1. The van der Waals surface area contributed by atoms with Gasteiger partial charge in [-0.05, 0) is 56.2 Å². The Morgan fingerprint density at radius 2 is 1.88 bits per heavy atom. The first-order chi connectivity index (χ1) is 11.5. The number of amides is 1. The van der Waals surface area contributed by atoms with Gasteiger partial charge < -0.3 is 10.6 Å². The van der Waals surface area contributed by atoms with Gasteiger partial charge in [0.2, 0.25) is 5.91 Å². The second-order valence-electron chi connectivity index (χ2n) is 7.64. The van der Waals surface area contributed by atoms with Gasteiger partial charge in [0.25, 0.3) is 0 Å². The van der Waals surface area contributed by atoms with Crippen LogP contribution in [-0.4, -0.2) is 29.9 Å². The van der Waals surface area contributed by atoms with Gasteiger partial charge in [-0.25, -0.2) is 4.39 Å². The zero-order chi connectivity index (χ0) is 17.2. The van der Waals surface area contributed by atoms with E-state index in [2.05, 4.69) is 6.92 Å². The Morgan fingerprint density at radius 3 is 2.44 bits per heavy atom. The SMILES string of the molecule is CC(N)C1CCN(C(=O)C2(c3cccc(F)c3)CCCCC2)CC1.Cl. The Hall–Kier alpha value is -1.13. The molecule has 1 heterocycles. The van der Waals surface area contributed by atoms with E-state index in [1.165, 1.54) is 6.07 Å². The van der Waals surface area contributed by atoms with Gasteiger partial charge >= 0.3 is 0 Å². The molecule has 25 heavy (non-hydrogen) atoms. The molecule has 2 N–H and O–H groups in total. The molecule has 0 spiro atoms. The number of hydrogen-bond donors (Lipinski definition) is 1. The molecule has 5 heteroatoms. The topological polar surface area (TPSA) is 46.3 Å². The third-order valence-electron chi connectivity index (χ3n) is 6.06. The Bertz CT molecular complexity index is 579. The number of rotatable bonds is 3. The second kappa shape index (κ2) is 8.50. The average molecular weight is 369 g/mol. The number of halogens is 2. The van der Waals surface area contributed by atoms with Gasteiger partial charge in [0, 0.05) is 19.1 Å². The molecule has 1 amide bonds. The molecular weight excluding hydrogens is 339 g/mol. The van der Waals surface area contributed by atoms with Gasteiger partial charge in [-0.3, -0.25) is 4.79 Å². The molecule has 1 aliphatic heterocycles. The van der Waals surface area contributed by atoms with Crippen molar-refractivity contribution in [1.82, 2.24) is 4.90 Å². The van der Waals surface area contributed by atoms with Crippen LogP contribution in [0.15, 0.2) is 24.3 Å². The number of hydrogen-bond acceptors (Lipinski definition) is 2. The average Bonchev–Trinajstić information content (AvgIpc) is 2.62. The van der Waals surface area contributed by atoms with Gasteiger partial charge in [-0.15, -0.1) is 12.4 Å². The molecule has 1 aromatic carbocycles. The molecule has 2 fully saturated rings. The Labute approximate surface area is 156 Å². The van der Waals surface area contributed by atoms with E-state index in [0.29, 0.717) is 5.92 Å². The summed E-state index contributed by atoms with van der Waals surface area (Å²) in [6.07, 6.45) is 6.87. The smallest absolute Gasteiger partial charge is 0.233 e. The summed E-state index contributed by atoms with van der Waals surface area (Å²) in [5.74, 6) is 0.461. The largest absolute Gasteiger partial charge is 0.342 e. The van der Waals surface area contributed by atoms with Crippen molar-refractivity contribution in [2.45, 2.75) is 63.3 Å². The fraction of sp³-hybridized carbons (Fsp3) is 0.650. The highest BCUT2D eigenvalue weighted by Crippen LogP contribution is 2.42. The maximum absolute atomic E-state index is 13.8. The molecule has 0 radical (unpaired) electrons. The van der Waals surface area contributed by atoms with Crippen molar-refractivity contribution < 1.29 is 9.18 Å². The first kappa shape index (κ1) is 20.2. The lowest BCUT2D eigenvalue weighted by atomic mass is 9.68. The van der Waals surface area contributed by atoms with Crippen LogP contribution in [-0.2, 0) is 10.2 Å². The highest BCUT2D eigenvalue weighted by molar-refractivity contribution is 5.88. The van der Waals surface area contributed by atoms with Crippen LogP contribution in [0.4, 0.5) is 4.39 Å². The van der Waals surface area contributed by atoms with Crippen molar-refractivity contribution in [1.29, 1.82) is 0 Å². The summed E-state index contributed by atoms with van der Waals surface area (Å²) in [7, 11) is 0. The van der Waals surface area contributed by atoms with Gasteiger partial charge in [-0.1, -0.05) is 31.4 Å². The number of carbonyl (C=O) groups excluding carboxylic acids is 1. The third kappa shape index (κ3) is 4.17. The summed E-state index contributed by atoms with van der Waals surface area (Å²) >= 11 is 0. The predicted molar refractivity (Wildman–Crippen MR) is 101 cm³/mol. The lowest BCUT2D eigenvalue weighted by Gasteiger charge is -2.43. The van der Waals surface area contributed by atoms with E-state index in [1.54, 1.807) is 12.1 Å². The molecule has 1 atom stereocenters. The van der Waals surface area contributed by atoms with Crippen molar-refractivity contribution in [3.63, 3.8) is 0 Å². The van der Waals surface area contributed by atoms with E-state index in [1.807, 2.05) is 11.0 Å². The monoisotopic (exact) mass is 368 g/mol. The van der Waals surface area contributed by atoms with E-state index in [0.717, 1.165) is 63.6 Å². The molecule has 0 bridgehead atoms. The second-order valence-corrected chi connectivity index (χ2v) is 7.64. The lowest BCUT2D eigenvalue weighted by molar-refractivity contribution is -0.140. The van der Waals surface area contributed by atoms with Crippen molar-refractivity contribution >= 4 is 18.3 Å². The predicted octanol–water partition coefficient (Wildman–Crippen LogP) is 4.04. The van der Waals surface area contributed by atoms with Crippen molar-refractivity contribution in [3.05, 3.63) is 35.6 Å². The van der Waals surface area contributed by atoms with E-state index in [4.69, 9.17) is 5.73 Å². The fourth-order valence-corrected chi connectivity index (χ4v) is 4.50. The van der Waals surface area contributed by atoms with E-state index < -0.39 is 5.41 Å². The highest BCUT2D eigenvalue weighted by atomic mass is 35.5. The first-order valence-electron chi connectivity index (χ1n) is 9.34. The van der Waals surface area contributed by atoms with Crippen molar-refractivity contribution in [3.8, 4) is 0 Å². The Balaban J connectivity index is 0.00000225. The minimum Gasteiger partial charge on any atom is -0.342 e. The maximum atomic E-state index is 13.8. The van der Waals surface area contributed by atoms with Crippen molar-refractivity contribution in [2.75, 3.05) is 13.1 Å². The van der Waals surface area contributed by atoms with Crippen LogP contribution in [0.3, 0.4) is 0 Å². The Kier molecular flexibility index (Phi) is 6.86. The quantitative estimate of drug-likeness (QED) is 0.875. The summed E-state index contributed by atoms with van der Waals surface area (Å²) in [5.41, 5.74) is 6.36. The van der Waals surface area contributed by atoms with Gasteiger partial charge in [0.05, 0.1) is 5.41 Å². The maximum Gasteiger partial charge on any atom is 0.233 e. The summed E-state index contributed by atoms with van der Waals surface area (Å²) in [6.45, 7) is 3.61. The molecule has 140 valence electrons. The molecule has 0 aromatic heterocycles. The Morgan fingerprint density at radius 1 is 1.24 bits per heavy atom. The van der Waals surface area contributed by atoms with Crippen LogP contribution in [0.5, 0.6) is 0 Å². The van der Waals surface area contributed by atoms with Crippen LogP contribution >= 0.6 is 12.4 Å².